The van der Waals surface area contributed by atoms with Gasteiger partial charge in [0.15, 0.2) is 0 Å². The molecule has 1 heterocycles. The van der Waals surface area contributed by atoms with Gasteiger partial charge in [0.05, 0.1) is 0 Å². The molecule has 20 heavy (non-hydrogen) atoms. The van der Waals surface area contributed by atoms with E-state index in [1.54, 1.807) is 0 Å². The number of imide groups is 1. The Bertz CT molecular complexity index is 401. The van der Waals surface area contributed by atoms with E-state index in [9.17, 15) is 9.59 Å². The van der Waals surface area contributed by atoms with Gasteiger partial charge in [-0.25, -0.2) is 0 Å². The summed E-state index contributed by atoms with van der Waals surface area (Å²) in [6, 6.07) is 0. The number of rotatable bonds is 1. The Morgan fingerprint density at radius 3 is 2.25 bits per heavy atom. The molecule has 3 rings (SSSR count). The summed E-state index contributed by atoms with van der Waals surface area (Å²) in [5, 5.41) is 2.63. The predicted octanol–water partition coefficient (Wildman–Crippen LogP) is 3.28. The maximum atomic E-state index is 12.5. The lowest BCUT2D eigenvalue weighted by molar-refractivity contribution is -0.150. The van der Waals surface area contributed by atoms with Crippen LogP contribution in [0.4, 0.5) is 0 Å². The van der Waals surface area contributed by atoms with E-state index in [2.05, 4.69) is 19.2 Å². The van der Waals surface area contributed by atoms with Crippen molar-refractivity contribution in [2.24, 2.45) is 29.1 Å². The second kappa shape index (κ2) is 5.16. The smallest absolute Gasteiger partial charge is 0.230 e. The second-order valence-electron chi connectivity index (χ2n) is 7.83. The normalized spacial score (nSPS) is 43.0. The molecule has 2 saturated carbocycles. The van der Waals surface area contributed by atoms with E-state index in [1.165, 1.54) is 32.1 Å². The van der Waals surface area contributed by atoms with Crippen LogP contribution < -0.4 is 5.32 Å². The van der Waals surface area contributed by atoms with Gasteiger partial charge in [0.25, 0.3) is 0 Å². The molecule has 0 aromatic carbocycles. The van der Waals surface area contributed by atoms with E-state index in [1.807, 2.05) is 0 Å². The van der Waals surface area contributed by atoms with Gasteiger partial charge in [0.1, 0.15) is 0 Å². The Kier molecular flexibility index (Phi) is 3.64. The topological polar surface area (TPSA) is 46.2 Å². The highest BCUT2D eigenvalue weighted by molar-refractivity contribution is 5.99. The molecule has 1 saturated heterocycles. The van der Waals surface area contributed by atoms with Crippen LogP contribution in [0.2, 0.25) is 0 Å². The van der Waals surface area contributed by atoms with Crippen LogP contribution in [-0.4, -0.2) is 11.8 Å². The zero-order chi connectivity index (χ0) is 14.3. The highest BCUT2D eigenvalue weighted by atomic mass is 16.2. The van der Waals surface area contributed by atoms with Gasteiger partial charge in [-0.2, -0.15) is 0 Å². The summed E-state index contributed by atoms with van der Waals surface area (Å²) < 4.78 is 0. The average Bonchev–Trinajstić information content (AvgIpc) is 2.78. The minimum Gasteiger partial charge on any atom is -0.296 e. The second-order valence-corrected chi connectivity index (χ2v) is 7.83. The lowest BCUT2D eigenvalue weighted by Crippen LogP contribution is -2.56. The Morgan fingerprint density at radius 2 is 1.65 bits per heavy atom. The molecule has 1 N–H and O–H groups in total. The third kappa shape index (κ3) is 2.40. The first kappa shape index (κ1) is 14.1. The minimum absolute atomic E-state index is 0.0362. The lowest BCUT2D eigenvalue weighted by Gasteiger charge is -2.50. The van der Waals surface area contributed by atoms with Gasteiger partial charge in [-0.1, -0.05) is 26.7 Å². The zero-order valence-electron chi connectivity index (χ0n) is 12.8. The van der Waals surface area contributed by atoms with Crippen molar-refractivity contribution in [3.63, 3.8) is 0 Å². The van der Waals surface area contributed by atoms with Gasteiger partial charge in [-0.3, -0.25) is 14.9 Å². The Hall–Kier alpha value is -0.860. The monoisotopic (exact) mass is 277 g/mol. The van der Waals surface area contributed by atoms with Crippen LogP contribution in [0.25, 0.3) is 0 Å². The van der Waals surface area contributed by atoms with Crippen LogP contribution in [0, 0.1) is 29.1 Å². The summed E-state index contributed by atoms with van der Waals surface area (Å²) in [6.07, 6.45) is 8.82. The van der Waals surface area contributed by atoms with Gasteiger partial charge in [0, 0.05) is 12.3 Å². The molecule has 3 atom stereocenters. The SMILES string of the molecule is CC1CC(C)CC2(CC(=O)NC(=O)C2C2CCCC2)C1. The number of piperidine rings is 1. The van der Waals surface area contributed by atoms with Crippen LogP contribution in [0.3, 0.4) is 0 Å². The van der Waals surface area contributed by atoms with Gasteiger partial charge in [0.2, 0.25) is 11.8 Å². The number of carbonyl (C=O) groups excluding carboxylic acids is 2. The third-order valence-electron chi connectivity index (χ3n) is 5.90. The summed E-state index contributed by atoms with van der Waals surface area (Å²) in [5.41, 5.74) is -0.0362. The number of carbonyl (C=O) groups is 2. The fourth-order valence-electron chi connectivity index (χ4n) is 5.70. The molecule has 0 bridgehead atoms. The molecule has 2 aliphatic carbocycles. The van der Waals surface area contributed by atoms with Crippen LogP contribution in [0.5, 0.6) is 0 Å². The molecule has 3 aliphatic rings. The minimum atomic E-state index is -0.0365. The Labute approximate surface area is 121 Å². The van der Waals surface area contributed by atoms with E-state index < -0.39 is 0 Å². The molecular formula is C17H27NO2. The molecule has 3 fully saturated rings. The molecule has 0 radical (unpaired) electrons. The largest absolute Gasteiger partial charge is 0.296 e. The van der Waals surface area contributed by atoms with Crippen LogP contribution in [0.1, 0.15) is 65.2 Å². The number of nitrogens with one attached hydrogen (secondary N) is 1. The van der Waals surface area contributed by atoms with Crippen molar-refractivity contribution in [2.75, 3.05) is 0 Å². The quantitative estimate of drug-likeness (QED) is 0.748. The molecular weight excluding hydrogens is 250 g/mol. The zero-order valence-corrected chi connectivity index (χ0v) is 12.8. The maximum absolute atomic E-state index is 12.5. The van der Waals surface area contributed by atoms with Gasteiger partial charge >= 0.3 is 0 Å². The number of hydrogen-bond acceptors (Lipinski definition) is 2. The first-order valence-electron chi connectivity index (χ1n) is 8.34. The van der Waals surface area contributed by atoms with E-state index in [0.717, 1.165) is 12.8 Å². The van der Waals surface area contributed by atoms with E-state index in [-0.39, 0.29) is 23.1 Å². The average molecular weight is 277 g/mol. The first-order valence-corrected chi connectivity index (χ1v) is 8.34. The van der Waals surface area contributed by atoms with Crippen molar-refractivity contribution in [1.29, 1.82) is 0 Å². The molecule has 3 nitrogen and oxygen atoms in total. The summed E-state index contributed by atoms with van der Waals surface area (Å²) in [5.74, 6) is 1.89. The van der Waals surface area contributed by atoms with Gasteiger partial charge in [-0.15, -0.1) is 0 Å². The van der Waals surface area contributed by atoms with E-state index in [0.29, 0.717) is 24.2 Å². The molecule has 0 aromatic heterocycles. The third-order valence-corrected chi connectivity index (χ3v) is 5.90. The number of hydrogen-bond donors (Lipinski definition) is 1. The van der Waals surface area contributed by atoms with Crippen LogP contribution in [0.15, 0.2) is 0 Å². The first-order chi connectivity index (χ1) is 9.50. The molecule has 2 amide bonds. The van der Waals surface area contributed by atoms with Crippen molar-refractivity contribution < 1.29 is 9.59 Å². The molecule has 1 aliphatic heterocycles. The molecule has 3 heteroatoms. The van der Waals surface area contributed by atoms with Crippen LogP contribution >= 0.6 is 0 Å². The van der Waals surface area contributed by atoms with Gasteiger partial charge < -0.3 is 0 Å². The number of amides is 2. The molecule has 3 unspecified atom stereocenters. The fraction of sp³-hybridized carbons (Fsp3) is 0.882. The summed E-state index contributed by atoms with van der Waals surface area (Å²) in [6.45, 7) is 4.58. The lowest BCUT2D eigenvalue weighted by atomic mass is 9.54. The molecule has 1 spiro atoms. The van der Waals surface area contributed by atoms with Crippen LogP contribution in [-0.2, 0) is 9.59 Å². The van der Waals surface area contributed by atoms with Crippen molar-refractivity contribution in [3.8, 4) is 0 Å². The maximum Gasteiger partial charge on any atom is 0.230 e. The highest BCUT2D eigenvalue weighted by Gasteiger charge is 2.53. The summed E-state index contributed by atoms with van der Waals surface area (Å²) >= 11 is 0. The van der Waals surface area contributed by atoms with E-state index in [4.69, 9.17) is 0 Å². The van der Waals surface area contributed by atoms with E-state index >= 15 is 0 Å². The summed E-state index contributed by atoms with van der Waals surface area (Å²) in [4.78, 5) is 24.5. The van der Waals surface area contributed by atoms with Crippen molar-refractivity contribution in [3.05, 3.63) is 0 Å². The predicted molar refractivity (Wildman–Crippen MR) is 77.8 cm³/mol. The Morgan fingerprint density at radius 1 is 1.05 bits per heavy atom. The van der Waals surface area contributed by atoms with Crippen molar-refractivity contribution in [2.45, 2.75) is 65.2 Å². The van der Waals surface area contributed by atoms with Gasteiger partial charge in [-0.05, 0) is 55.3 Å². The fourth-order valence-corrected chi connectivity index (χ4v) is 5.70. The van der Waals surface area contributed by atoms with Crippen molar-refractivity contribution in [1.82, 2.24) is 5.32 Å². The van der Waals surface area contributed by atoms with Crippen molar-refractivity contribution >= 4 is 11.8 Å². The molecule has 0 aromatic rings. The highest BCUT2D eigenvalue weighted by Crippen LogP contribution is 2.55. The molecule has 112 valence electrons. The summed E-state index contributed by atoms with van der Waals surface area (Å²) in [7, 11) is 0. The Balaban J connectivity index is 1.93. The standard InChI is InChI=1S/C17H27NO2/c1-11-7-12(2)9-17(8-11)10-14(19)18-16(20)15(17)13-5-3-4-6-13/h11-13,15H,3-10H2,1-2H3,(H,18,19,20).